The number of likely N-dealkylation sites (tertiary alicyclic amines) is 1. The first-order valence-electron chi connectivity index (χ1n) is 10.5. The Kier molecular flexibility index (Phi) is 9.14. The summed E-state index contributed by atoms with van der Waals surface area (Å²) in [6.07, 6.45) is 2.39. The number of nitrogens with zero attached hydrogens (tertiary/aromatic N) is 3. The smallest absolute Gasteiger partial charge is 0.268 e. The van der Waals surface area contributed by atoms with E-state index >= 15 is 0 Å². The van der Waals surface area contributed by atoms with Gasteiger partial charge in [0.05, 0.1) is 12.6 Å². The standard InChI is InChI=1S/C22H33N5O3/c1-16(24-3)21(29)25-17(2)22(30)27-12-7-10-19(27)15-26(20(28)14-23)13-11-18-8-5-4-6-9-18/h4-6,8-9,16,19,24H,7,10-15,23H2,1-3H3/t16-,19-/m0/s1. The summed E-state index contributed by atoms with van der Waals surface area (Å²) in [4.78, 5) is 44.8. The van der Waals surface area contributed by atoms with Gasteiger partial charge in [-0.1, -0.05) is 30.3 Å². The highest BCUT2D eigenvalue weighted by atomic mass is 16.2. The molecule has 1 aromatic rings. The Morgan fingerprint density at radius 2 is 2.00 bits per heavy atom. The first-order valence-corrected chi connectivity index (χ1v) is 10.5. The number of likely N-dealkylation sites (N-methyl/N-ethyl adjacent to an activating group) is 1. The van der Waals surface area contributed by atoms with Crippen LogP contribution in [-0.4, -0.2) is 78.5 Å². The van der Waals surface area contributed by atoms with Gasteiger partial charge >= 0.3 is 0 Å². The lowest BCUT2D eigenvalue weighted by Gasteiger charge is -2.31. The number of benzene rings is 1. The molecule has 1 aliphatic heterocycles. The number of carbonyl (C=O) groups excluding carboxylic acids is 3. The van der Waals surface area contributed by atoms with Crippen LogP contribution in [0.4, 0.5) is 0 Å². The van der Waals surface area contributed by atoms with Crippen LogP contribution in [0.3, 0.4) is 0 Å². The van der Waals surface area contributed by atoms with Gasteiger partial charge in [0, 0.05) is 25.7 Å². The lowest BCUT2D eigenvalue weighted by molar-refractivity contribution is -0.132. The van der Waals surface area contributed by atoms with Gasteiger partial charge in [0.25, 0.3) is 11.8 Å². The number of aliphatic imine (C=N–C) groups is 1. The van der Waals surface area contributed by atoms with E-state index in [4.69, 9.17) is 5.73 Å². The average Bonchev–Trinajstić information content (AvgIpc) is 3.23. The van der Waals surface area contributed by atoms with Crippen molar-refractivity contribution in [2.45, 2.75) is 45.2 Å². The maximum atomic E-state index is 12.9. The molecule has 3 amide bonds. The van der Waals surface area contributed by atoms with Gasteiger partial charge in [-0.15, -0.1) is 0 Å². The molecule has 1 heterocycles. The Hall–Kier alpha value is -2.58. The third kappa shape index (κ3) is 6.47. The SMILES string of the molecule is CN[C@@H](C)C(=O)N=C(C)C(=O)N1CCC[C@H]1CN(CCc1ccccc1)C(=O)CN. The highest BCUT2D eigenvalue weighted by molar-refractivity contribution is 6.39. The Morgan fingerprint density at radius 1 is 1.30 bits per heavy atom. The molecule has 0 saturated carbocycles. The van der Waals surface area contributed by atoms with Crippen molar-refractivity contribution in [2.24, 2.45) is 10.7 Å². The van der Waals surface area contributed by atoms with E-state index < -0.39 is 6.04 Å². The normalized spacial score (nSPS) is 17.7. The van der Waals surface area contributed by atoms with Crippen molar-refractivity contribution in [3.05, 3.63) is 35.9 Å². The molecule has 3 N–H and O–H groups in total. The summed E-state index contributed by atoms with van der Waals surface area (Å²) in [5.74, 6) is -0.757. The summed E-state index contributed by atoms with van der Waals surface area (Å²) in [5.41, 5.74) is 6.94. The molecular weight excluding hydrogens is 382 g/mol. The monoisotopic (exact) mass is 415 g/mol. The zero-order chi connectivity index (χ0) is 22.1. The predicted molar refractivity (Wildman–Crippen MR) is 117 cm³/mol. The zero-order valence-corrected chi connectivity index (χ0v) is 18.1. The second-order valence-electron chi connectivity index (χ2n) is 7.62. The number of hydrogen-bond acceptors (Lipinski definition) is 5. The average molecular weight is 416 g/mol. The Bertz CT molecular complexity index is 765. The molecule has 1 fully saturated rings. The van der Waals surface area contributed by atoms with Crippen LogP contribution in [0.15, 0.2) is 35.3 Å². The third-order valence-electron chi connectivity index (χ3n) is 5.50. The van der Waals surface area contributed by atoms with E-state index in [1.54, 1.807) is 30.7 Å². The lowest BCUT2D eigenvalue weighted by Crippen LogP contribution is -2.48. The van der Waals surface area contributed by atoms with Crippen molar-refractivity contribution >= 4 is 23.4 Å². The van der Waals surface area contributed by atoms with Crippen molar-refractivity contribution < 1.29 is 14.4 Å². The molecule has 8 heteroatoms. The molecule has 0 spiro atoms. The predicted octanol–water partition coefficient (Wildman–Crippen LogP) is 0.603. The largest absolute Gasteiger partial charge is 0.339 e. The van der Waals surface area contributed by atoms with E-state index in [0.29, 0.717) is 19.6 Å². The van der Waals surface area contributed by atoms with Gasteiger partial charge in [-0.25, -0.2) is 4.99 Å². The van der Waals surface area contributed by atoms with Crippen LogP contribution in [-0.2, 0) is 20.8 Å². The fraction of sp³-hybridized carbons (Fsp3) is 0.545. The van der Waals surface area contributed by atoms with Crippen molar-refractivity contribution in [1.82, 2.24) is 15.1 Å². The van der Waals surface area contributed by atoms with Crippen LogP contribution in [0.25, 0.3) is 0 Å². The van der Waals surface area contributed by atoms with Gasteiger partial charge in [0.1, 0.15) is 5.71 Å². The molecule has 2 rings (SSSR count). The van der Waals surface area contributed by atoms with E-state index in [9.17, 15) is 14.4 Å². The van der Waals surface area contributed by atoms with Crippen LogP contribution in [0.2, 0.25) is 0 Å². The summed E-state index contributed by atoms with van der Waals surface area (Å²) in [7, 11) is 1.67. The van der Waals surface area contributed by atoms with Crippen molar-refractivity contribution in [2.75, 3.05) is 33.2 Å². The number of amides is 3. The van der Waals surface area contributed by atoms with Gasteiger partial charge < -0.3 is 20.9 Å². The number of hydrogen-bond donors (Lipinski definition) is 2. The van der Waals surface area contributed by atoms with Gasteiger partial charge in [0.15, 0.2) is 0 Å². The minimum absolute atomic E-state index is 0.0631. The molecule has 1 aliphatic rings. The van der Waals surface area contributed by atoms with Crippen LogP contribution in [0.1, 0.15) is 32.3 Å². The minimum Gasteiger partial charge on any atom is -0.339 e. The van der Waals surface area contributed by atoms with Gasteiger partial charge in [0.2, 0.25) is 5.91 Å². The summed E-state index contributed by atoms with van der Waals surface area (Å²) in [5, 5.41) is 2.82. The van der Waals surface area contributed by atoms with Crippen molar-refractivity contribution in [3.8, 4) is 0 Å². The topological polar surface area (TPSA) is 108 Å². The summed E-state index contributed by atoms with van der Waals surface area (Å²) in [6, 6.07) is 9.41. The quantitative estimate of drug-likeness (QED) is 0.575. The molecule has 1 saturated heterocycles. The highest BCUT2D eigenvalue weighted by Gasteiger charge is 2.32. The highest BCUT2D eigenvalue weighted by Crippen LogP contribution is 2.19. The molecule has 0 radical (unpaired) electrons. The molecule has 2 atom stereocenters. The minimum atomic E-state index is -0.447. The van der Waals surface area contributed by atoms with E-state index in [-0.39, 0.29) is 36.0 Å². The van der Waals surface area contributed by atoms with E-state index in [1.807, 2.05) is 30.3 Å². The molecule has 0 unspecified atom stereocenters. The number of carbonyl (C=O) groups is 3. The molecule has 0 aromatic heterocycles. The molecule has 0 bridgehead atoms. The maximum Gasteiger partial charge on any atom is 0.268 e. The molecule has 8 nitrogen and oxygen atoms in total. The first-order chi connectivity index (χ1) is 14.4. The van der Waals surface area contributed by atoms with E-state index in [1.165, 1.54) is 0 Å². The molecular formula is C22H33N5O3. The van der Waals surface area contributed by atoms with Crippen molar-refractivity contribution in [1.29, 1.82) is 0 Å². The Balaban J connectivity index is 2.05. The lowest BCUT2D eigenvalue weighted by atomic mass is 10.1. The van der Waals surface area contributed by atoms with Gasteiger partial charge in [-0.3, -0.25) is 14.4 Å². The molecule has 164 valence electrons. The fourth-order valence-electron chi connectivity index (χ4n) is 3.54. The van der Waals surface area contributed by atoms with Gasteiger partial charge in [-0.05, 0) is 45.7 Å². The molecule has 1 aromatic carbocycles. The second kappa shape index (κ2) is 11.6. The summed E-state index contributed by atoms with van der Waals surface area (Å²) in [6.45, 7) is 4.77. The fourth-order valence-corrected chi connectivity index (χ4v) is 3.54. The molecule has 30 heavy (non-hydrogen) atoms. The van der Waals surface area contributed by atoms with E-state index in [0.717, 1.165) is 24.8 Å². The van der Waals surface area contributed by atoms with Crippen LogP contribution >= 0.6 is 0 Å². The Morgan fingerprint density at radius 3 is 2.63 bits per heavy atom. The van der Waals surface area contributed by atoms with Crippen LogP contribution < -0.4 is 11.1 Å². The number of rotatable bonds is 9. The zero-order valence-electron chi connectivity index (χ0n) is 18.1. The molecule has 0 aliphatic carbocycles. The summed E-state index contributed by atoms with van der Waals surface area (Å²) < 4.78 is 0. The number of nitrogens with one attached hydrogen (secondary N) is 1. The van der Waals surface area contributed by atoms with Crippen LogP contribution in [0.5, 0.6) is 0 Å². The second-order valence-corrected chi connectivity index (χ2v) is 7.62. The van der Waals surface area contributed by atoms with Crippen LogP contribution in [0, 0.1) is 0 Å². The summed E-state index contributed by atoms with van der Waals surface area (Å²) >= 11 is 0. The van der Waals surface area contributed by atoms with Gasteiger partial charge in [-0.2, -0.15) is 0 Å². The Labute approximate surface area is 178 Å². The van der Waals surface area contributed by atoms with Crippen molar-refractivity contribution in [3.63, 3.8) is 0 Å². The maximum absolute atomic E-state index is 12.9. The van der Waals surface area contributed by atoms with E-state index in [2.05, 4.69) is 10.3 Å². The third-order valence-corrected chi connectivity index (χ3v) is 5.50. The number of nitrogens with two attached hydrogens (primary N) is 1. The first kappa shape index (κ1) is 23.7.